The minimum absolute atomic E-state index is 0.291. The number of nitrogens with zero attached hydrogens (tertiary/aromatic N) is 1. The van der Waals surface area contributed by atoms with E-state index < -0.39 is 0 Å². The van der Waals surface area contributed by atoms with Crippen LogP contribution in [0.5, 0.6) is 5.75 Å². The molecular weight excluding hydrogens is 222 g/mol. The largest absolute Gasteiger partial charge is 0.489 e. The SMILES string of the molecule is N#Cc1ccc(OC2CCCCC2)c(Cl)c1. The van der Waals surface area contributed by atoms with Gasteiger partial charge < -0.3 is 4.74 Å². The second kappa shape index (κ2) is 5.23. The van der Waals surface area contributed by atoms with Crippen LogP contribution in [0.2, 0.25) is 5.02 Å². The Hall–Kier alpha value is -1.20. The van der Waals surface area contributed by atoms with Gasteiger partial charge in [-0.25, -0.2) is 0 Å². The van der Waals surface area contributed by atoms with Gasteiger partial charge in [-0.3, -0.25) is 0 Å². The average molecular weight is 236 g/mol. The molecule has 0 unspecified atom stereocenters. The van der Waals surface area contributed by atoms with Crippen molar-refractivity contribution in [1.82, 2.24) is 0 Å². The number of hydrogen-bond donors (Lipinski definition) is 0. The lowest BCUT2D eigenvalue weighted by Gasteiger charge is -2.23. The maximum atomic E-state index is 8.72. The summed E-state index contributed by atoms with van der Waals surface area (Å²) >= 11 is 6.05. The highest BCUT2D eigenvalue weighted by Crippen LogP contribution is 2.29. The third-order valence-electron chi connectivity index (χ3n) is 2.91. The first-order chi connectivity index (χ1) is 7.79. The number of ether oxygens (including phenoxy) is 1. The van der Waals surface area contributed by atoms with Crippen molar-refractivity contribution >= 4 is 11.6 Å². The Labute approximate surface area is 101 Å². The van der Waals surface area contributed by atoms with E-state index in [2.05, 4.69) is 6.07 Å². The van der Waals surface area contributed by atoms with E-state index in [1.165, 1.54) is 19.3 Å². The molecule has 0 bridgehead atoms. The molecule has 0 spiro atoms. The maximum Gasteiger partial charge on any atom is 0.138 e. The van der Waals surface area contributed by atoms with Crippen LogP contribution in [0, 0.1) is 11.3 Å². The van der Waals surface area contributed by atoms with Crippen molar-refractivity contribution < 1.29 is 4.74 Å². The fraction of sp³-hybridized carbons (Fsp3) is 0.462. The quantitative estimate of drug-likeness (QED) is 0.778. The van der Waals surface area contributed by atoms with Gasteiger partial charge in [0.25, 0.3) is 0 Å². The Kier molecular flexibility index (Phi) is 3.69. The molecule has 0 amide bonds. The van der Waals surface area contributed by atoms with E-state index in [0.717, 1.165) is 12.8 Å². The van der Waals surface area contributed by atoms with Gasteiger partial charge in [0, 0.05) is 0 Å². The molecule has 84 valence electrons. The molecule has 0 heterocycles. The summed E-state index contributed by atoms with van der Waals surface area (Å²) in [4.78, 5) is 0. The first kappa shape index (κ1) is 11.3. The summed E-state index contributed by atoms with van der Waals surface area (Å²) in [7, 11) is 0. The van der Waals surface area contributed by atoms with Crippen molar-refractivity contribution in [3.63, 3.8) is 0 Å². The molecule has 1 aliphatic rings. The molecule has 3 heteroatoms. The van der Waals surface area contributed by atoms with E-state index >= 15 is 0 Å². The van der Waals surface area contributed by atoms with E-state index in [0.29, 0.717) is 22.4 Å². The van der Waals surface area contributed by atoms with E-state index in [-0.39, 0.29) is 0 Å². The molecule has 0 N–H and O–H groups in total. The van der Waals surface area contributed by atoms with Gasteiger partial charge in [0.15, 0.2) is 0 Å². The molecule has 1 aliphatic carbocycles. The zero-order chi connectivity index (χ0) is 11.4. The van der Waals surface area contributed by atoms with Crippen molar-refractivity contribution in [2.45, 2.75) is 38.2 Å². The second-order valence-corrected chi connectivity index (χ2v) is 4.54. The van der Waals surface area contributed by atoms with Crippen LogP contribution in [-0.4, -0.2) is 6.10 Å². The Balaban J connectivity index is 2.06. The molecule has 0 saturated heterocycles. The summed E-state index contributed by atoms with van der Waals surface area (Å²) in [5, 5.41) is 9.26. The molecule has 2 rings (SSSR count). The minimum atomic E-state index is 0.291. The smallest absolute Gasteiger partial charge is 0.138 e. The van der Waals surface area contributed by atoms with Crippen LogP contribution < -0.4 is 4.74 Å². The lowest BCUT2D eigenvalue weighted by molar-refractivity contribution is 0.155. The van der Waals surface area contributed by atoms with Gasteiger partial charge in [-0.1, -0.05) is 18.0 Å². The first-order valence-electron chi connectivity index (χ1n) is 5.66. The highest BCUT2D eigenvalue weighted by atomic mass is 35.5. The number of nitriles is 1. The maximum absolute atomic E-state index is 8.72. The van der Waals surface area contributed by atoms with Crippen LogP contribution in [0.25, 0.3) is 0 Å². The highest BCUT2D eigenvalue weighted by Gasteiger charge is 2.16. The Morgan fingerprint density at radius 3 is 2.62 bits per heavy atom. The molecule has 2 nitrogen and oxygen atoms in total. The Bertz CT molecular complexity index is 405. The zero-order valence-corrected chi connectivity index (χ0v) is 9.83. The minimum Gasteiger partial charge on any atom is -0.489 e. The molecular formula is C13H14ClNO. The molecule has 1 aromatic rings. The second-order valence-electron chi connectivity index (χ2n) is 4.13. The Morgan fingerprint density at radius 2 is 2.00 bits per heavy atom. The Morgan fingerprint density at radius 1 is 1.25 bits per heavy atom. The van der Waals surface area contributed by atoms with Crippen LogP contribution in [0.15, 0.2) is 18.2 Å². The average Bonchev–Trinajstić information content (AvgIpc) is 2.33. The van der Waals surface area contributed by atoms with Crippen LogP contribution in [0.4, 0.5) is 0 Å². The summed E-state index contributed by atoms with van der Waals surface area (Å²) < 4.78 is 5.84. The summed E-state index contributed by atoms with van der Waals surface area (Å²) in [5.74, 6) is 0.701. The van der Waals surface area contributed by atoms with Crippen LogP contribution in [0.1, 0.15) is 37.7 Å². The molecule has 0 aliphatic heterocycles. The summed E-state index contributed by atoms with van der Waals surface area (Å²) in [6.07, 6.45) is 6.28. The lowest BCUT2D eigenvalue weighted by Crippen LogP contribution is -2.19. The van der Waals surface area contributed by atoms with E-state index in [4.69, 9.17) is 21.6 Å². The third kappa shape index (κ3) is 2.68. The fourth-order valence-electron chi connectivity index (χ4n) is 2.03. The summed E-state index contributed by atoms with van der Waals surface area (Å²) in [5.41, 5.74) is 0.570. The highest BCUT2D eigenvalue weighted by molar-refractivity contribution is 6.32. The normalized spacial score (nSPS) is 16.8. The van der Waals surface area contributed by atoms with Gasteiger partial charge in [0.1, 0.15) is 5.75 Å². The first-order valence-corrected chi connectivity index (χ1v) is 6.03. The predicted molar refractivity (Wildman–Crippen MR) is 63.7 cm³/mol. The van der Waals surface area contributed by atoms with Gasteiger partial charge in [-0.2, -0.15) is 5.26 Å². The molecule has 1 saturated carbocycles. The van der Waals surface area contributed by atoms with Gasteiger partial charge in [-0.15, -0.1) is 0 Å². The van der Waals surface area contributed by atoms with E-state index in [1.54, 1.807) is 18.2 Å². The summed E-state index contributed by atoms with van der Waals surface area (Å²) in [6, 6.07) is 7.24. The van der Waals surface area contributed by atoms with Crippen molar-refractivity contribution in [2.75, 3.05) is 0 Å². The molecule has 0 atom stereocenters. The fourth-order valence-corrected chi connectivity index (χ4v) is 2.25. The van der Waals surface area contributed by atoms with Gasteiger partial charge in [0.05, 0.1) is 22.8 Å². The molecule has 1 aromatic carbocycles. The molecule has 1 fully saturated rings. The van der Waals surface area contributed by atoms with Crippen molar-refractivity contribution in [1.29, 1.82) is 5.26 Å². The van der Waals surface area contributed by atoms with Crippen LogP contribution in [0.3, 0.4) is 0 Å². The number of hydrogen-bond acceptors (Lipinski definition) is 2. The molecule has 0 aromatic heterocycles. The van der Waals surface area contributed by atoms with Crippen molar-refractivity contribution in [3.8, 4) is 11.8 Å². The number of benzene rings is 1. The van der Waals surface area contributed by atoms with Crippen LogP contribution in [-0.2, 0) is 0 Å². The third-order valence-corrected chi connectivity index (χ3v) is 3.20. The van der Waals surface area contributed by atoms with Gasteiger partial charge in [-0.05, 0) is 43.9 Å². The lowest BCUT2D eigenvalue weighted by atomic mass is 9.98. The van der Waals surface area contributed by atoms with E-state index in [9.17, 15) is 0 Å². The summed E-state index contributed by atoms with van der Waals surface area (Å²) in [6.45, 7) is 0. The van der Waals surface area contributed by atoms with Gasteiger partial charge >= 0.3 is 0 Å². The predicted octanol–water partition coefficient (Wildman–Crippen LogP) is 3.92. The van der Waals surface area contributed by atoms with Crippen molar-refractivity contribution in [2.24, 2.45) is 0 Å². The van der Waals surface area contributed by atoms with E-state index in [1.807, 2.05) is 0 Å². The van der Waals surface area contributed by atoms with Crippen LogP contribution >= 0.6 is 11.6 Å². The number of halogens is 1. The molecule has 16 heavy (non-hydrogen) atoms. The standard InChI is InChI=1S/C13H14ClNO/c14-12-8-10(9-15)6-7-13(12)16-11-4-2-1-3-5-11/h6-8,11H,1-5H2. The zero-order valence-electron chi connectivity index (χ0n) is 9.08. The topological polar surface area (TPSA) is 33.0 Å². The van der Waals surface area contributed by atoms with Crippen molar-refractivity contribution in [3.05, 3.63) is 28.8 Å². The number of rotatable bonds is 2. The van der Waals surface area contributed by atoms with Gasteiger partial charge in [0.2, 0.25) is 0 Å². The molecule has 0 radical (unpaired) electrons. The monoisotopic (exact) mass is 235 g/mol.